The number of nitrogens with one attached hydrogen (secondary N) is 1. The standard InChI is InChI=1S/C11H20N2O5S/c1-3-5-8(11(15)16)12-10(14)9-6-4-7-13(9)19(2,17)18/h8-9H,3-7H2,1-2H3,(H,12,14)(H,15,16)/t8-,9?/m1/s1. The van der Waals surface area contributed by atoms with Crippen molar-refractivity contribution in [2.75, 3.05) is 12.8 Å². The molecule has 1 aliphatic rings. The van der Waals surface area contributed by atoms with Crippen molar-refractivity contribution < 1.29 is 23.1 Å². The Kier molecular flexibility index (Phi) is 5.30. The van der Waals surface area contributed by atoms with Gasteiger partial charge in [-0.1, -0.05) is 13.3 Å². The zero-order chi connectivity index (χ0) is 14.6. The van der Waals surface area contributed by atoms with E-state index in [1.165, 1.54) is 0 Å². The van der Waals surface area contributed by atoms with E-state index < -0.39 is 34.0 Å². The summed E-state index contributed by atoms with van der Waals surface area (Å²) in [4.78, 5) is 23.0. The van der Waals surface area contributed by atoms with Crippen LogP contribution in [0.3, 0.4) is 0 Å². The highest BCUT2D eigenvalue weighted by atomic mass is 32.2. The summed E-state index contributed by atoms with van der Waals surface area (Å²) < 4.78 is 24.2. The fraction of sp³-hybridized carbons (Fsp3) is 0.818. The molecule has 110 valence electrons. The Morgan fingerprint density at radius 1 is 1.47 bits per heavy atom. The minimum absolute atomic E-state index is 0.308. The normalized spacial score (nSPS) is 22.1. The Labute approximate surface area is 113 Å². The molecule has 1 heterocycles. The van der Waals surface area contributed by atoms with Gasteiger partial charge < -0.3 is 10.4 Å². The van der Waals surface area contributed by atoms with E-state index in [9.17, 15) is 18.0 Å². The van der Waals surface area contributed by atoms with Crippen molar-refractivity contribution >= 4 is 21.9 Å². The second kappa shape index (κ2) is 6.33. The molecule has 7 nitrogen and oxygen atoms in total. The molecule has 0 aromatic carbocycles. The minimum Gasteiger partial charge on any atom is -0.480 e. The second-order valence-electron chi connectivity index (χ2n) is 4.72. The van der Waals surface area contributed by atoms with Crippen molar-refractivity contribution in [1.29, 1.82) is 0 Å². The quantitative estimate of drug-likeness (QED) is 0.704. The molecule has 19 heavy (non-hydrogen) atoms. The Balaban J connectivity index is 2.74. The van der Waals surface area contributed by atoms with Gasteiger partial charge >= 0.3 is 5.97 Å². The Morgan fingerprint density at radius 3 is 2.58 bits per heavy atom. The van der Waals surface area contributed by atoms with Crippen LogP contribution in [0.25, 0.3) is 0 Å². The zero-order valence-electron chi connectivity index (χ0n) is 11.1. The van der Waals surface area contributed by atoms with Gasteiger partial charge in [0.2, 0.25) is 15.9 Å². The lowest BCUT2D eigenvalue weighted by atomic mass is 10.1. The van der Waals surface area contributed by atoms with Crippen LogP contribution in [0, 0.1) is 0 Å². The maximum atomic E-state index is 12.0. The zero-order valence-corrected chi connectivity index (χ0v) is 11.9. The molecule has 1 fully saturated rings. The number of hydrogen-bond acceptors (Lipinski definition) is 4. The van der Waals surface area contributed by atoms with E-state index in [4.69, 9.17) is 5.11 Å². The lowest BCUT2D eigenvalue weighted by molar-refractivity contribution is -0.142. The van der Waals surface area contributed by atoms with E-state index in [1.807, 2.05) is 6.92 Å². The van der Waals surface area contributed by atoms with Crippen LogP contribution in [0.2, 0.25) is 0 Å². The molecule has 0 aromatic rings. The van der Waals surface area contributed by atoms with Crippen molar-refractivity contribution in [3.05, 3.63) is 0 Å². The van der Waals surface area contributed by atoms with Crippen LogP contribution < -0.4 is 5.32 Å². The van der Waals surface area contributed by atoms with E-state index in [0.29, 0.717) is 32.2 Å². The summed E-state index contributed by atoms with van der Waals surface area (Å²) in [5.74, 6) is -1.62. The molecule has 0 aliphatic carbocycles. The molecule has 1 amide bonds. The van der Waals surface area contributed by atoms with Gasteiger partial charge in [0, 0.05) is 6.54 Å². The van der Waals surface area contributed by atoms with Gasteiger partial charge in [0.15, 0.2) is 0 Å². The summed E-state index contributed by atoms with van der Waals surface area (Å²) in [6.07, 6.45) is 3.04. The highest BCUT2D eigenvalue weighted by Gasteiger charge is 2.37. The highest BCUT2D eigenvalue weighted by molar-refractivity contribution is 7.88. The summed E-state index contributed by atoms with van der Waals surface area (Å²) >= 11 is 0. The van der Waals surface area contributed by atoms with Gasteiger partial charge in [-0.3, -0.25) is 4.79 Å². The van der Waals surface area contributed by atoms with Crippen LogP contribution in [-0.4, -0.2) is 54.6 Å². The largest absolute Gasteiger partial charge is 0.480 e. The molecule has 1 saturated heterocycles. The van der Waals surface area contributed by atoms with Crippen LogP contribution in [0.15, 0.2) is 0 Å². The summed E-state index contributed by atoms with van der Waals surface area (Å²) in [5.41, 5.74) is 0. The molecule has 1 unspecified atom stereocenters. The average molecular weight is 292 g/mol. The monoisotopic (exact) mass is 292 g/mol. The fourth-order valence-electron chi connectivity index (χ4n) is 2.21. The molecule has 0 radical (unpaired) electrons. The number of hydrogen-bond donors (Lipinski definition) is 2. The van der Waals surface area contributed by atoms with Crippen LogP contribution >= 0.6 is 0 Å². The van der Waals surface area contributed by atoms with Crippen molar-refractivity contribution in [3.8, 4) is 0 Å². The molecule has 0 spiro atoms. The predicted molar refractivity (Wildman–Crippen MR) is 69.0 cm³/mol. The van der Waals surface area contributed by atoms with Gasteiger partial charge in [-0.15, -0.1) is 0 Å². The van der Waals surface area contributed by atoms with Crippen LogP contribution in [0.4, 0.5) is 0 Å². The smallest absolute Gasteiger partial charge is 0.326 e. The van der Waals surface area contributed by atoms with Crippen molar-refractivity contribution in [2.45, 2.75) is 44.7 Å². The van der Waals surface area contributed by atoms with E-state index in [-0.39, 0.29) is 0 Å². The molecule has 1 rings (SSSR count). The first kappa shape index (κ1) is 15.9. The summed E-state index contributed by atoms with van der Waals surface area (Å²) in [5, 5.41) is 11.4. The van der Waals surface area contributed by atoms with Gasteiger partial charge in [-0.25, -0.2) is 13.2 Å². The summed E-state index contributed by atoms with van der Waals surface area (Å²) in [7, 11) is -3.44. The molecular weight excluding hydrogens is 272 g/mol. The molecular formula is C11H20N2O5S. The average Bonchev–Trinajstić information content (AvgIpc) is 2.76. The fourth-order valence-corrected chi connectivity index (χ4v) is 3.34. The molecule has 0 bridgehead atoms. The molecule has 0 aromatic heterocycles. The molecule has 1 aliphatic heterocycles. The van der Waals surface area contributed by atoms with E-state index in [0.717, 1.165) is 10.6 Å². The van der Waals surface area contributed by atoms with E-state index >= 15 is 0 Å². The number of carboxylic acid groups (broad SMARTS) is 1. The van der Waals surface area contributed by atoms with Crippen molar-refractivity contribution in [3.63, 3.8) is 0 Å². The van der Waals surface area contributed by atoms with Gasteiger partial charge in [-0.05, 0) is 19.3 Å². The lowest BCUT2D eigenvalue weighted by Gasteiger charge is -2.23. The number of amides is 1. The van der Waals surface area contributed by atoms with Crippen molar-refractivity contribution in [2.24, 2.45) is 0 Å². The third-order valence-electron chi connectivity index (χ3n) is 3.12. The van der Waals surface area contributed by atoms with Crippen LogP contribution in [-0.2, 0) is 19.6 Å². The van der Waals surface area contributed by atoms with Gasteiger partial charge in [-0.2, -0.15) is 4.31 Å². The Hall–Kier alpha value is -1.15. The van der Waals surface area contributed by atoms with Crippen LogP contribution in [0.5, 0.6) is 0 Å². The Bertz CT molecular complexity index is 448. The maximum Gasteiger partial charge on any atom is 0.326 e. The number of carbonyl (C=O) groups excluding carboxylic acids is 1. The third-order valence-corrected chi connectivity index (χ3v) is 4.41. The first-order chi connectivity index (χ1) is 8.77. The number of carbonyl (C=O) groups is 2. The number of rotatable bonds is 6. The maximum absolute atomic E-state index is 12.0. The topological polar surface area (TPSA) is 104 Å². The van der Waals surface area contributed by atoms with E-state index in [2.05, 4.69) is 5.32 Å². The molecule has 8 heteroatoms. The SMILES string of the molecule is CCC[C@@H](NC(=O)C1CCCN1S(C)(=O)=O)C(=O)O. The second-order valence-corrected chi connectivity index (χ2v) is 6.65. The minimum atomic E-state index is -3.44. The number of aliphatic carboxylic acids is 1. The van der Waals surface area contributed by atoms with E-state index in [1.54, 1.807) is 0 Å². The predicted octanol–water partition coefficient (Wildman–Crippen LogP) is -0.220. The van der Waals surface area contributed by atoms with Gasteiger partial charge in [0.25, 0.3) is 0 Å². The summed E-state index contributed by atoms with van der Waals surface area (Å²) in [6.45, 7) is 2.13. The van der Waals surface area contributed by atoms with Gasteiger partial charge in [0.05, 0.1) is 6.26 Å². The first-order valence-corrected chi connectivity index (χ1v) is 8.12. The number of nitrogens with zero attached hydrogens (tertiary/aromatic N) is 1. The number of sulfonamides is 1. The number of carboxylic acids is 1. The molecule has 2 atom stereocenters. The highest BCUT2D eigenvalue weighted by Crippen LogP contribution is 2.20. The molecule has 2 N–H and O–H groups in total. The van der Waals surface area contributed by atoms with Crippen molar-refractivity contribution in [1.82, 2.24) is 9.62 Å². The first-order valence-electron chi connectivity index (χ1n) is 6.27. The van der Waals surface area contributed by atoms with Crippen LogP contribution in [0.1, 0.15) is 32.6 Å². The molecule has 0 saturated carbocycles. The Morgan fingerprint density at radius 2 is 2.11 bits per heavy atom. The summed E-state index contributed by atoms with van der Waals surface area (Å²) in [6, 6.07) is -1.74. The van der Waals surface area contributed by atoms with Gasteiger partial charge in [0.1, 0.15) is 12.1 Å². The third kappa shape index (κ3) is 4.17. The lowest BCUT2D eigenvalue weighted by Crippen LogP contribution is -2.50.